The molecule has 10 heteroatoms. The summed E-state index contributed by atoms with van der Waals surface area (Å²) >= 11 is 1.18. The monoisotopic (exact) mass is 399 g/mol. The van der Waals surface area contributed by atoms with Crippen molar-refractivity contribution in [2.45, 2.75) is 27.3 Å². The third kappa shape index (κ3) is 3.96. The fraction of sp³-hybridized carbons (Fsp3) is 0.222. The third-order valence-corrected chi connectivity index (χ3v) is 4.92. The average molecular weight is 399 g/mol. The quantitative estimate of drug-likeness (QED) is 0.385. The summed E-state index contributed by atoms with van der Waals surface area (Å²) < 4.78 is 1.57. The van der Waals surface area contributed by atoms with Crippen LogP contribution in [-0.4, -0.2) is 31.4 Å². The molecular weight excluding hydrogens is 382 g/mol. The van der Waals surface area contributed by atoms with Crippen LogP contribution in [0.1, 0.15) is 44.7 Å². The molecule has 28 heavy (non-hydrogen) atoms. The molecule has 0 aliphatic carbocycles. The maximum Gasteiger partial charge on any atom is 0.312 e. The molecule has 3 aromatic rings. The van der Waals surface area contributed by atoms with Crippen LogP contribution < -0.4 is 5.32 Å². The van der Waals surface area contributed by atoms with Gasteiger partial charge in [0.05, 0.1) is 11.5 Å². The van der Waals surface area contributed by atoms with Gasteiger partial charge < -0.3 is 0 Å². The molecule has 1 N–H and O–H groups in total. The standard InChI is InChI=1S/C18H17N5O4S/c1-10-16(23(26)27)11(2)22(21-10)8-13-4-6-14(7-5-13)17(25)20-18-19-15(9-28-18)12(3)24/h4-7,9H,8H2,1-3H3,(H,19,20,25). The predicted molar refractivity (Wildman–Crippen MR) is 104 cm³/mol. The number of thiazole rings is 1. The van der Waals surface area contributed by atoms with E-state index in [0.717, 1.165) is 5.56 Å². The van der Waals surface area contributed by atoms with Crippen molar-refractivity contribution < 1.29 is 14.5 Å². The van der Waals surface area contributed by atoms with Gasteiger partial charge in [-0.2, -0.15) is 5.10 Å². The zero-order valence-corrected chi connectivity index (χ0v) is 16.2. The van der Waals surface area contributed by atoms with Gasteiger partial charge in [-0.25, -0.2) is 4.98 Å². The molecule has 1 amide bonds. The SMILES string of the molecule is CC(=O)c1csc(NC(=O)c2ccc(Cn3nc(C)c([N+](=O)[O-])c3C)cc2)n1. The van der Waals surface area contributed by atoms with Gasteiger partial charge in [-0.05, 0) is 31.5 Å². The van der Waals surface area contributed by atoms with E-state index in [1.54, 1.807) is 48.2 Å². The van der Waals surface area contributed by atoms with Crippen LogP contribution in [0, 0.1) is 24.0 Å². The Hall–Kier alpha value is -3.40. The van der Waals surface area contributed by atoms with Crippen molar-refractivity contribution in [1.29, 1.82) is 0 Å². The lowest BCUT2D eigenvalue weighted by atomic mass is 10.1. The number of carbonyl (C=O) groups excluding carboxylic acids is 2. The Morgan fingerprint density at radius 2 is 1.93 bits per heavy atom. The van der Waals surface area contributed by atoms with Crippen LogP contribution in [0.15, 0.2) is 29.6 Å². The van der Waals surface area contributed by atoms with Crippen LogP contribution in [0.4, 0.5) is 10.8 Å². The lowest BCUT2D eigenvalue weighted by Crippen LogP contribution is -2.12. The first-order chi connectivity index (χ1) is 13.3. The minimum absolute atomic E-state index is 0.0179. The second-order valence-corrected chi connectivity index (χ2v) is 7.04. The minimum Gasteiger partial charge on any atom is -0.298 e. The number of hydrogen-bond donors (Lipinski definition) is 1. The normalized spacial score (nSPS) is 10.7. The first kappa shape index (κ1) is 19.4. The highest BCUT2D eigenvalue weighted by Gasteiger charge is 2.21. The first-order valence-electron chi connectivity index (χ1n) is 8.31. The highest BCUT2D eigenvalue weighted by atomic mass is 32.1. The lowest BCUT2D eigenvalue weighted by molar-refractivity contribution is -0.386. The number of anilines is 1. The molecule has 0 radical (unpaired) electrons. The first-order valence-corrected chi connectivity index (χ1v) is 9.19. The van der Waals surface area contributed by atoms with E-state index in [9.17, 15) is 19.7 Å². The summed E-state index contributed by atoms with van der Waals surface area (Å²) in [6.07, 6.45) is 0. The molecule has 0 saturated carbocycles. The number of carbonyl (C=O) groups is 2. The van der Waals surface area contributed by atoms with E-state index in [1.807, 2.05) is 0 Å². The highest BCUT2D eigenvalue weighted by molar-refractivity contribution is 7.14. The molecule has 0 unspecified atom stereocenters. The molecule has 0 spiro atoms. The van der Waals surface area contributed by atoms with Crippen molar-refractivity contribution >= 4 is 33.8 Å². The van der Waals surface area contributed by atoms with Gasteiger partial charge in [0.2, 0.25) is 0 Å². The van der Waals surface area contributed by atoms with Crippen LogP contribution in [-0.2, 0) is 6.54 Å². The largest absolute Gasteiger partial charge is 0.312 e. The fourth-order valence-electron chi connectivity index (χ4n) is 2.70. The molecule has 0 bridgehead atoms. The Morgan fingerprint density at radius 3 is 2.46 bits per heavy atom. The molecule has 9 nitrogen and oxygen atoms in total. The molecule has 2 heterocycles. The molecule has 3 rings (SSSR count). The second-order valence-electron chi connectivity index (χ2n) is 6.18. The van der Waals surface area contributed by atoms with Crippen LogP contribution in [0.2, 0.25) is 0 Å². The zero-order valence-electron chi connectivity index (χ0n) is 15.4. The van der Waals surface area contributed by atoms with Gasteiger partial charge in [-0.3, -0.25) is 29.7 Å². The van der Waals surface area contributed by atoms with E-state index in [4.69, 9.17) is 0 Å². The number of nitro groups is 1. The summed E-state index contributed by atoms with van der Waals surface area (Å²) in [4.78, 5) is 38.3. The van der Waals surface area contributed by atoms with E-state index < -0.39 is 4.92 Å². The molecule has 144 valence electrons. The number of nitrogens with one attached hydrogen (secondary N) is 1. The summed E-state index contributed by atoms with van der Waals surface area (Å²) in [5.41, 5.74) is 2.47. The number of ketones is 1. The Morgan fingerprint density at radius 1 is 1.25 bits per heavy atom. The molecule has 0 aliphatic heterocycles. The Kier molecular flexibility index (Phi) is 5.32. The summed E-state index contributed by atoms with van der Waals surface area (Å²) in [6.45, 7) is 5.03. The van der Waals surface area contributed by atoms with E-state index in [1.165, 1.54) is 18.3 Å². The van der Waals surface area contributed by atoms with Gasteiger partial charge in [0.1, 0.15) is 17.1 Å². The van der Waals surface area contributed by atoms with E-state index >= 15 is 0 Å². The number of aromatic nitrogens is 3. The number of nitrogens with zero attached hydrogens (tertiary/aromatic N) is 4. The number of rotatable bonds is 6. The van der Waals surface area contributed by atoms with Gasteiger partial charge in [0.15, 0.2) is 10.9 Å². The molecule has 0 saturated heterocycles. The summed E-state index contributed by atoms with van der Waals surface area (Å²) in [5, 5.41) is 19.9. The molecule has 0 aliphatic rings. The average Bonchev–Trinajstić information content (AvgIpc) is 3.20. The Balaban J connectivity index is 1.71. The van der Waals surface area contributed by atoms with Crippen molar-refractivity contribution in [2.24, 2.45) is 0 Å². The van der Waals surface area contributed by atoms with Crippen molar-refractivity contribution in [1.82, 2.24) is 14.8 Å². The van der Waals surface area contributed by atoms with Gasteiger partial charge in [-0.15, -0.1) is 11.3 Å². The second kappa shape index (κ2) is 7.69. The predicted octanol–water partition coefficient (Wildman–Crippen LogP) is 3.37. The number of hydrogen-bond acceptors (Lipinski definition) is 7. The third-order valence-electron chi connectivity index (χ3n) is 4.16. The van der Waals surface area contributed by atoms with Gasteiger partial charge in [0.25, 0.3) is 5.91 Å². The van der Waals surface area contributed by atoms with Gasteiger partial charge in [-0.1, -0.05) is 12.1 Å². The summed E-state index contributed by atoms with van der Waals surface area (Å²) in [7, 11) is 0. The lowest BCUT2D eigenvalue weighted by Gasteiger charge is -2.06. The molecule has 0 atom stereocenters. The highest BCUT2D eigenvalue weighted by Crippen LogP contribution is 2.23. The van der Waals surface area contributed by atoms with Crippen molar-refractivity contribution in [3.63, 3.8) is 0 Å². The fourth-order valence-corrected chi connectivity index (χ4v) is 3.45. The van der Waals surface area contributed by atoms with Crippen molar-refractivity contribution in [2.75, 3.05) is 5.32 Å². The van der Waals surface area contributed by atoms with Gasteiger partial charge >= 0.3 is 5.69 Å². The topological polar surface area (TPSA) is 120 Å². The number of amides is 1. The zero-order chi connectivity index (χ0) is 20.4. The van der Waals surface area contributed by atoms with E-state index in [0.29, 0.717) is 34.3 Å². The summed E-state index contributed by atoms with van der Waals surface area (Å²) in [5.74, 6) is -0.497. The Bertz CT molecular complexity index is 1070. The number of benzene rings is 1. The maximum absolute atomic E-state index is 12.3. The summed E-state index contributed by atoms with van der Waals surface area (Å²) in [6, 6.07) is 6.84. The van der Waals surface area contributed by atoms with Crippen molar-refractivity contribution in [3.05, 3.63) is 68.0 Å². The Labute approximate surface area is 164 Å². The van der Waals surface area contributed by atoms with Crippen LogP contribution in [0.25, 0.3) is 0 Å². The molecule has 0 fully saturated rings. The molecular formula is C18H17N5O4S. The molecule has 1 aromatic carbocycles. The minimum atomic E-state index is -0.433. The van der Waals surface area contributed by atoms with Gasteiger partial charge in [0, 0.05) is 17.9 Å². The number of aryl methyl sites for hydroxylation is 1. The number of Topliss-reactive ketones (excluding diaryl/α,β-unsaturated/α-hetero) is 1. The molecule has 2 aromatic heterocycles. The smallest absolute Gasteiger partial charge is 0.298 e. The van der Waals surface area contributed by atoms with Crippen LogP contribution in [0.3, 0.4) is 0 Å². The maximum atomic E-state index is 12.3. The van der Waals surface area contributed by atoms with E-state index in [-0.39, 0.29) is 17.4 Å². The van der Waals surface area contributed by atoms with Crippen LogP contribution >= 0.6 is 11.3 Å². The van der Waals surface area contributed by atoms with Crippen molar-refractivity contribution in [3.8, 4) is 0 Å². The van der Waals surface area contributed by atoms with E-state index in [2.05, 4.69) is 15.4 Å². The van der Waals surface area contributed by atoms with Crippen LogP contribution in [0.5, 0.6) is 0 Å².